The molecule has 1 fully saturated rings. The van der Waals surface area contributed by atoms with E-state index in [0.717, 1.165) is 5.56 Å². The van der Waals surface area contributed by atoms with Crippen LogP contribution in [0.15, 0.2) is 30.3 Å². The summed E-state index contributed by atoms with van der Waals surface area (Å²) in [6.07, 6.45) is 0.679. The Labute approximate surface area is 178 Å². The van der Waals surface area contributed by atoms with Crippen LogP contribution in [0, 0.1) is 5.82 Å². The van der Waals surface area contributed by atoms with Crippen molar-refractivity contribution in [2.24, 2.45) is 0 Å². The van der Waals surface area contributed by atoms with Crippen LogP contribution >= 0.6 is 0 Å². The summed E-state index contributed by atoms with van der Waals surface area (Å²) < 4.78 is 19.9. The van der Waals surface area contributed by atoms with E-state index in [1.807, 2.05) is 0 Å². The molecule has 0 atom stereocenters. The second-order valence-corrected chi connectivity index (χ2v) is 7.52. The highest BCUT2D eigenvalue weighted by Gasteiger charge is 2.27. The topological polar surface area (TPSA) is 96.8 Å². The summed E-state index contributed by atoms with van der Waals surface area (Å²) >= 11 is 0. The molecule has 1 aromatic carbocycles. The number of amides is 3. The van der Waals surface area contributed by atoms with Gasteiger partial charge in [-0.2, -0.15) is 5.10 Å². The van der Waals surface area contributed by atoms with Crippen LogP contribution in [0.5, 0.6) is 0 Å². The van der Waals surface area contributed by atoms with Crippen molar-refractivity contribution in [2.45, 2.75) is 19.5 Å². The molecule has 2 aliphatic rings. The number of halogens is 1. The lowest BCUT2D eigenvalue weighted by atomic mass is 10.2. The maximum absolute atomic E-state index is 13.1. The van der Waals surface area contributed by atoms with Crippen molar-refractivity contribution in [3.05, 3.63) is 53.1 Å². The van der Waals surface area contributed by atoms with Crippen molar-refractivity contribution in [1.29, 1.82) is 0 Å². The number of nitrogens with zero attached hydrogens (tertiary/aromatic N) is 4. The number of carbonyl (C=O) groups excluding carboxylic acids is 3. The number of hydrogen-bond acceptors (Lipinski definition) is 5. The van der Waals surface area contributed by atoms with Gasteiger partial charge in [-0.05, 0) is 24.1 Å². The van der Waals surface area contributed by atoms with Gasteiger partial charge in [-0.15, -0.1) is 0 Å². The lowest BCUT2D eigenvalue weighted by Crippen LogP contribution is -2.45. The Morgan fingerprint density at radius 1 is 1.10 bits per heavy atom. The van der Waals surface area contributed by atoms with E-state index in [9.17, 15) is 18.8 Å². The summed E-state index contributed by atoms with van der Waals surface area (Å²) in [5.41, 5.74) is 1.24. The highest BCUT2D eigenvalue weighted by Crippen LogP contribution is 2.17. The smallest absolute Gasteiger partial charge is 0.272 e. The third-order valence-corrected chi connectivity index (χ3v) is 5.37. The van der Waals surface area contributed by atoms with Crippen LogP contribution in [0.2, 0.25) is 0 Å². The molecule has 2 aromatic rings. The monoisotopic (exact) mass is 429 g/mol. The fourth-order valence-electron chi connectivity index (χ4n) is 3.68. The minimum Gasteiger partial charge on any atom is -0.378 e. The minimum absolute atomic E-state index is 0.0989. The summed E-state index contributed by atoms with van der Waals surface area (Å²) in [5, 5.41) is 6.85. The predicted molar refractivity (Wildman–Crippen MR) is 108 cm³/mol. The van der Waals surface area contributed by atoms with Gasteiger partial charge in [-0.25, -0.2) is 4.39 Å². The zero-order chi connectivity index (χ0) is 21.8. The third-order valence-electron chi connectivity index (χ3n) is 5.37. The quantitative estimate of drug-likeness (QED) is 0.753. The van der Waals surface area contributed by atoms with Crippen molar-refractivity contribution < 1.29 is 23.5 Å². The second kappa shape index (κ2) is 9.25. The van der Waals surface area contributed by atoms with E-state index in [4.69, 9.17) is 4.74 Å². The van der Waals surface area contributed by atoms with E-state index in [0.29, 0.717) is 58.1 Å². The van der Waals surface area contributed by atoms with Gasteiger partial charge >= 0.3 is 0 Å². The maximum atomic E-state index is 13.1. The zero-order valence-corrected chi connectivity index (χ0v) is 17.1. The predicted octanol–water partition coefficient (Wildman–Crippen LogP) is 0.657. The second-order valence-electron chi connectivity index (χ2n) is 7.52. The molecule has 2 aliphatic heterocycles. The van der Waals surface area contributed by atoms with Gasteiger partial charge in [-0.3, -0.25) is 19.1 Å². The standard InChI is InChI=1S/C21H24FN5O4/c22-16-4-2-15(3-5-16)14-26-6-1-7-27-18(21(26)30)12-17(24-27)20(29)23-13-19(28)25-8-10-31-11-9-25/h2-5,12H,1,6-11,13-14H2,(H,23,29). The zero-order valence-electron chi connectivity index (χ0n) is 17.1. The summed E-state index contributed by atoms with van der Waals surface area (Å²) in [6.45, 7) is 3.24. The van der Waals surface area contributed by atoms with Crippen molar-refractivity contribution in [1.82, 2.24) is 24.9 Å². The molecule has 4 rings (SSSR count). The average Bonchev–Trinajstić information content (AvgIpc) is 3.16. The molecule has 1 N–H and O–H groups in total. The minimum atomic E-state index is -0.500. The fourth-order valence-corrected chi connectivity index (χ4v) is 3.68. The number of hydrogen-bond donors (Lipinski definition) is 1. The molecule has 0 radical (unpaired) electrons. The first-order chi connectivity index (χ1) is 15.0. The molecule has 0 bridgehead atoms. The van der Waals surface area contributed by atoms with Gasteiger partial charge in [0.2, 0.25) is 5.91 Å². The maximum Gasteiger partial charge on any atom is 0.272 e. The Hall–Kier alpha value is -3.27. The highest BCUT2D eigenvalue weighted by atomic mass is 19.1. The van der Waals surface area contributed by atoms with E-state index < -0.39 is 5.91 Å². The van der Waals surface area contributed by atoms with Crippen LogP contribution in [0.1, 0.15) is 33.0 Å². The first kappa shape index (κ1) is 21.0. The molecule has 0 spiro atoms. The van der Waals surface area contributed by atoms with E-state index in [1.165, 1.54) is 22.9 Å². The van der Waals surface area contributed by atoms with Crippen LogP contribution in [0.4, 0.5) is 4.39 Å². The number of rotatable bonds is 5. The van der Waals surface area contributed by atoms with Crippen LogP contribution in [0.3, 0.4) is 0 Å². The molecular weight excluding hydrogens is 405 g/mol. The number of carbonyl (C=O) groups is 3. The molecule has 31 heavy (non-hydrogen) atoms. The van der Waals surface area contributed by atoms with Crippen LogP contribution in [-0.4, -0.2) is 76.7 Å². The van der Waals surface area contributed by atoms with Gasteiger partial charge in [0.25, 0.3) is 11.8 Å². The lowest BCUT2D eigenvalue weighted by Gasteiger charge is -2.26. The van der Waals surface area contributed by atoms with Crippen molar-refractivity contribution in [2.75, 3.05) is 39.4 Å². The molecular formula is C21H24FN5O4. The van der Waals surface area contributed by atoms with E-state index >= 15 is 0 Å². The Kier molecular flexibility index (Phi) is 6.26. The van der Waals surface area contributed by atoms with Gasteiger partial charge in [0.15, 0.2) is 5.69 Å². The molecule has 0 aliphatic carbocycles. The number of ether oxygens (including phenoxy) is 1. The fraction of sp³-hybridized carbons (Fsp3) is 0.429. The van der Waals surface area contributed by atoms with E-state index in [-0.39, 0.29) is 29.9 Å². The van der Waals surface area contributed by atoms with Crippen LogP contribution in [-0.2, 0) is 22.6 Å². The molecule has 10 heteroatoms. The van der Waals surface area contributed by atoms with Crippen molar-refractivity contribution >= 4 is 17.7 Å². The van der Waals surface area contributed by atoms with Gasteiger partial charge in [-0.1, -0.05) is 12.1 Å². The number of benzene rings is 1. The first-order valence-electron chi connectivity index (χ1n) is 10.3. The van der Waals surface area contributed by atoms with E-state index in [1.54, 1.807) is 21.9 Å². The van der Waals surface area contributed by atoms with Crippen LogP contribution in [0.25, 0.3) is 0 Å². The molecule has 0 unspecified atom stereocenters. The Morgan fingerprint density at radius 2 is 1.84 bits per heavy atom. The number of aryl methyl sites for hydroxylation is 1. The normalized spacial score (nSPS) is 16.6. The number of fused-ring (bicyclic) bond motifs is 1. The number of morpholine rings is 1. The Morgan fingerprint density at radius 3 is 2.58 bits per heavy atom. The van der Waals surface area contributed by atoms with Gasteiger partial charge < -0.3 is 19.9 Å². The molecule has 1 aromatic heterocycles. The average molecular weight is 429 g/mol. The first-order valence-corrected chi connectivity index (χ1v) is 10.3. The van der Waals surface area contributed by atoms with E-state index in [2.05, 4.69) is 10.4 Å². The largest absolute Gasteiger partial charge is 0.378 e. The van der Waals surface area contributed by atoms with Gasteiger partial charge in [0.1, 0.15) is 11.5 Å². The summed E-state index contributed by atoms with van der Waals surface area (Å²) in [4.78, 5) is 41.0. The highest BCUT2D eigenvalue weighted by molar-refractivity contribution is 5.99. The molecule has 0 saturated carbocycles. The van der Waals surface area contributed by atoms with Gasteiger partial charge in [0, 0.05) is 38.8 Å². The molecule has 1 saturated heterocycles. The molecule has 3 heterocycles. The Balaban J connectivity index is 1.40. The molecule has 9 nitrogen and oxygen atoms in total. The van der Waals surface area contributed by atoms with Crippen LogP contribution < -0.4 is 5.32 Å². The van der Waals surface area contributed by atoms with Crippen molar-refractivity contribution in [3.63, 3.8) is 0 Å². The third kappa shape index (κ3) is 4.91. The van der Waals surface area contributed by atoms with Gasteiger partial charge in [0.05, 0.1) is 19.8 Å². The van der Waals surface area contributed by atoms with Crippen molar-refractivity contribution in [3.8, 4) is 0 Å². The molecule has 164 valence electrons. The Bertz CT molecular complexity index is 969. The summed E-state index contributed by atoms with van der Waals surface area (Å²) in [7, 11) is 0. The number of nitrogens with one attached hydrogen (secondary N) is 1. The SMILES string of the molecule is O=C(NCC(=O)N1CCOCC1)c1cc2n(n1)CCCN(Cc1ccc(F)cc1)C2=O. The lowest BCUT2D eigenvalue weighted by molar-refractivity contribution is -0.134. The molecule has 3 amide bonds. The summed E-state index contributed by atoms with van der Waals surface area (Å²) in [6, 6.07) is 7.48. The summed E-state index contributed by atoms with van der Waals surface area (Å²) in [5.74, 6) is -1.25. The number of aromatic nitrogens is 2.